The van der Waals surface area contributed by atoms with Gasteiger partial charge in [-0.15, -0.1) is 0 Å². The predicted octanol–water partition coefficient (Wildman–Crippen LogP) is 3.97. The highest BCUT2D eigenvalue weighted by molar-refractivity contribution is 5.97. The number of amides is 5. The third kappa shape index (κ3) is 13.1. The molecule has 5 amide bonds. The molecule has 0 bridgehead atoms. The molecular formula is C33H48N6O7. The summed E-state index contributed by atoms with van der Waals surface area (Å²) in [6.07, 6.45) is 0.909. The van der Waals surface area contributed by atoms with Gasteiger partial charge in [-0.3, -0.25) is 19.7 Å². The lowest BCUT2D eigenvalue weighted by atomic mass is 9.84. The molecule has 9 N–H and O–H groups in total. The molecule has 2 aromatic carbocycles. The van der Waals surface area contributed by atoms with Crippen LogP contribution in [-0.4, -0.2) is 53.6 Å². The minimum absolute atomic E-state index is 0.00893. The first kappa shape index (κ1) is 37.5. The van der Waals surface area contributed by atoms with Gasteiger partial charge in [0.1, 0.15) is 12.6 Å². The normalized spacial score (nSPS) is 13.2. The number of primary amides is 1. The highest BCUT2D eigenvalue weighted by atomic mass is 16.5. The second-order valence-corrected chi connectivity index (χ2v) is 12.5. The van der Waals surface area contributed by atoms with Gasteiger partial charge in [-0.1, -0.05) is 45.0 Å². The van der Waals surface area contributed by atoms with Gasteiger partial charge in [0.2, 0.25) is 11.8 Å². The third-order valence-electron chi connectivity index (χ3n) is 7.66. The Bertz CT molecular complexity index is 1330. The van der Waals surface area contributed by atoms with E-state index in [-0.39, 0.29) is 36.9 Å². The topological polar surface area (TPSA) is 215 Å². The van der Waals surface area contributed by atoms with Crippen LogP contribution in [0.1, 0.15) is 65.0 Å². The molecule has 0 radical (unpaired) electrons. The molecule has 0 aromatic heterocycles. The molecule has 2 rings (SSSR count). The van der Waals surface area contributed by atoms with Crippen LogP contribution in [-0.2, 0) is 32.1 Å². The highest BCUT2D eigenvalue weighted by Crippen LogP contribution is 2.24. The molecule has 252 valence electrons. The molecule has 0 saturated heterocycles. The van der Waals surface area contributed by atoms with Gasteiger partial charge in [-0.2, -0.15) is 0 Å². The van der Waals surface area contributed by atoms with Crippen LogP contribution in [0.15, 0.2) is 48.5 Å². The van der Waals surface area contributed by atoms with E-state index in [4.69, 9.17) is 16.2 Å². The van der Waals surface area contributed by atoms with Crippen LogP contribution in [0.25, 0.3) is 0 Å². The summed E-state index contributed by atoms with van der Waals surface area (Å²) in [5.74, 6) is -1.72. The zero-order valence-corrected chi connectivity index (χ0v) is 27.2. The largest absolute Gasteiger partial charge is 0.481 e. The van der Waals surface area contributed by atoms with Gasteiger partial charge in [-0.25, -0.2) is 9.59 Å². The van der Waals surface area contributed by atoms with E-state index in [1.807, 2.05) is 26.0 Å². The van der Waals surface area contributed by atoms with Crippen LogP contribution in [0.4, 0.5) is 21.0 Å². The van der Waals surface area contributed by atoms with Gasteiger partial charge in [0.05, 0.1) is 5.41 Å². The fourth-order valence-electron chi connectivity index (χ4n) is 4.45. The van der Waals surface area contributed by atoms with Crippen molar-refractivity contribution in [3.05, 3.63) is 59.7 Å². The van der Waals surface area contributed by atoms with Gasteiger partial charge in [-0.05, 0) is 80.8 Å². The van der Waals surface area contributed by atoms with Crippen LogP contribution in [0.2, 0.25) is 0 Å². The van der Waals surface area contributed by atoms with Gasteiger partial charge >= 0.3 is 18.1 Å². The molecule has 0 aliphatic carbocycles. The number of aliphatic carboxylic acids is 1. The molecule has 0 spiro atoms. The van der Waals surface area contributed by atoms with E-state index in [2.05, 4.69) is 21.3 Å². The highest BCUT2D eigenvalue weighted by Gasteiger charge is 2.29. The molecule has 0 unspecified atom stereocenters. The molecule has 13 nitrogen and oxygen atoms in total. The number of carbonyl (C=O) groups is 5. The maximum atomic E-state index is 13.1. The summed E-state index contributed by atoms with van der Waals surface area (Å²) in [5, 5.41) is 20.0. The van der Waals surface area contributed by atoms with E-state index in [0.717, 1.165) is 5.56 Å². The van der Waals surface area contributed by atoms with Crippen molar-refractivity contribution < 1.29 is 33.8 Å². The number of rotatable bonds is 17. The Hall–Kier alpha value is -4.65. The molecular weight excluding hydrogens is 592 g/mol. The van der Waals surface area contributed by atoms with Crippen LogP contribution < -0.4 is 32.7 Å². The second-order valence-electron chi connectivity index (χ2n) is 12.5. The first-order valence-corrected chi connectivity index (χ1v) is 15.3. The fourth-order valence-corrected chi connectivity index (χ4v) is 4.45. The first-order chi connectivity index (χ1) is 21.6. The summed E-state index contributed by atoms with van der Waals surface area (Å²) in [6, 6.07) is 12.0. The predicted molar refractivity (Wildman–Crippen MR) is 176 cm³/mol. The zero-order chi connectivity index (χ0) is 34.4. The lowest BCUT2D eigenvalue weighted by molar-refractivity contribution is -0.147. The number of hydrogen-bond acceptors (Lipinski definition) is 7. The van der Waals surface area contributed by atoms with E-state index in [1.54, 1.807) is 57.2 Å². The van der Waals surface area contributed by atoms with Gasteiger partial charge in [0, 0.05) is 29.9 Å². The standard InChI is InChI=1S/C33H48N6O7/c1-20(2)21(3)28(40)39-27(7-6-16-36-31(35)44)29(41)37-25-14-10-23(11-15-25)19-46-32(45)38-26-12-8-22(9-13-26)17-24(34)18-33(4,5)30(42)43/h8-15,20-21,24,27H,6-7,16-19,34H2,1-5H3,(H,37,41)(H,38,45)(H,39,40)(H,42,43)(H3,35,36,44)/t21-,24-,27-/m0/s1. The fraction of sp³-hybridized carbons (Fsp3) is 0.485. The Kier molecular flexibility index (Phi) is 14.5. The monoisotopic (exact) mass is 640 g/mol. The van der Waals surface area contributed by atoms with Crippen LogP contribution in [0.3, 0.4) is 0 Å². The number of hydrogen-bond donors (Lipinski definition) is 7. The summed E-state index contributed by atoms with van der Waals surface area (Å²) >= 11 is 0. The Labute approximate surface area is 270 Å². The molecule has 0 aliphatic rings. The van der Waals surface area contributed by atoms with Crippen molar-refractivity contribution in [1.82, 2.24) is 10.6 Å². The summed E-state index contributed by atoms with van der Waals surface area (Å²) < 4.78 is 5.32. The number of benzene rings is 2. The molecule has 0 fully saturated rings. The van der Waals surface area contributed by atoms with E-state index in [9.17, 15) is 29.1 Å². The zero-order valence-electron chi connectivity index (χ0n) is 27.2. The number of nitrogens with two attached hydrogens (primary N) is 2. The van der Waals surface area contributed by atoms with Crippen molar-refractivity contribution in [2.75, 3.05) is 17.2 Å². The van der Waals surface area contributed by atoms with E-state index < -0.39 is 35.5 Å². The summed E-state index contributed by atoms with van der Waals surface area (Å²) in [7, 11) is 0. The van der Waals surface area contributed by atoms with E-state index >= 15 is 0 Å². The van der Waals surface area contributed by atoms with Crippen LogP contribution >= 0.6 is 0 Å². The number of carbonyl (C=O) groups excluding carboxylic acids is 4. The number of carboxylic acids is 1. The minimum atomic E-state index is -0.917. The number of anilines is 2. The Morgan fingerprint density at radius 3 is 1.98 bits per heavy atom. The molecule has 2 aromatic rings. The lowest BCUT2D eigenvalue weighted by Crippen LogP contribution is -2.46. The van der Waals surface area contributed by atoms with Gasteiger partial charge in [0.15, 0.2) is 0 Å². The van der Waals surface area contributed by atoms with Crippen LogP contribution in [0, 0.1) is 17.3 Å². The summed E-state index contributed by atoms with van der Waals surface area (Å²) in [6.45, 7) is 9.20. The summed E-state index contributed by atoms with van der Waals surface area (Å²) in [4.78, 5) is 60.3. The van der Waals surface area contributed by atoms with E-state index in [1.165, 1.54) is 0 Å². The third-order valence-corrected chi connectivity index (χ3v) is 7.66. The summed E-state index contributed by atoms with van der Waals surface area (Å²) in [5.41, 5.74) is 13.0. The molecule has 0 saturated carbocycles. The Morgan fingerprint density at radius 1 is 0.870 bits per heavy atom. The maximum Gasteiger partial charge on any atom is 0.411 e. The van der Waals surface area contributed by atoms with Crippen molar-refractivity contribution in [3.63, 3.8) is 0 Å². The van der Waals surface area contributed by atoms with Crippen molar-refractivity contribution >= 4 is 41.3 Å². The number of urea groups is 1. The van der Waals surface area contributed by atoms with Crippen molar-refractivity contribution in [1.29, 1.82) is 0 Å². The molecule has 3 atom stereocenters. The quantitative estimate of drug-likeness (QED) is 0.125. The molecule has 46 heavy (non-hydrogen) atoms. The van der Waals surface area contributed by atoms with Gasteiger partial charge in [0.25, 0.3) is 0 Å². The number of nitrogens with one attached hydrogen (secondary N) is 4. The minimum Gasteiger partial charge on any atom is -0.481 e. The van der Waals surface area contributed by atoms with E-state index in [0.29, 0.717) is 42.6 Å². The first-order valence-electron chi connectivity index (χ1n) is 15.3. The van der Waals surface area contributed by atoms with Crippen molar-refractivity contribution in [3.8, 4) is 0 Å². The second kappa shape index (κ2) is 17.7. The Morgan fingerprint density at radius 2 is 1.43 bits per heavy atom. The SMILES string of the molecule is CC(C)[C@H](C)C(=O)N[C@@H](CCCNC(N)=O)C(=O)Nc1ccc(COC(=O)Nc2ccc(C[C@H](N)CC(C)(C)C(=O)O)cc2)cc1. The van der Waals surface area contributed by atoms with Crippen molar-refractivity contribution in [2.24, 2.45) is 28.7 Å². The molecule has 13 heteroatoms. The number of carboxylic acid groups (broad SMARTS) is 1. The molecule has 0 aliphatic heterocycles. The van der Waals surface area contributed by atoms with Crippen molar-refractivity contribution in [2.45, 2.75) is 79.0 Å². The van der Waals surface area contributed by atoms with Crippen LogP contribution in [0.5, 0.6) is 0 Å². The maximum absolute atomic E-state index is 13.1. The smallest absolute Gasteiger partial charge is 0.411 e. The Balaban J connectivity index is 1.88. The molecule has 0 heterocycles. The van der Waals surface area contributed by atoms with Gasteiger partial charge < -0.3 is 37.3 Å². The lowest BCUT2D eigenvalue weighted by Gasteiger charge is -2.23. The average Bonchev–Trinajstić information content (AvgIpc) is 2.98. The average molecular weight is 641 g/mol. The number of ether oxygens (including phenoxy) is 1.